The Morgan fingerprint density at radius 1 is 1.25 bits per heavy atom. The molecule has 1 N–H and O–H groups in total. The standard InChI is InChI=1S/C17H21F2N3O.HI/c1-20-17(21-7-10-6-11(18)2-3-14(10)19)22-8-12-13(9-22)16-5-4-15(12)23-16;/h2-3,6,12-13,15-16H,4-5,7-9H2,1H3,(H,20,21);1H. The molecular weight excluding hydrogens is 427 g/mol. The number of halogens is 3. The highest BCUT2D eigenvalue weighted by Gasteiger charge is 2.53. The van der Waals surface area contributed by atoms with Crippen LogP contribution < -0.4 is 5.32 Å². The van der Waals surface area contributed by atoms with Gasteiger partial charge in [0.05, 0.1) is 12.2 Å². The van der Waals surface area contributed by atoms with E-state index in [1.54, 1.807) is 7.05 Å². The Hall–Kier alpha value is -0.960. The molecule has 3 saturated heterocycles. The van der Waals surface area contributed by atoms with Crippen molar-refractivity contribution in [3.63, 3.8) is 0 Å². The molecule has 132 valence electrons. The maximum Gasteiger partial charge on any atom is 0.193 e. The third-order valence-electron chi connectivity index (χ3n) is 5.41. The predicted molar refractivity (Wildman–Crippen MR) is 98.4 cm³/mol. The van der Waals surface area contributed by atoms with E-state index in [9.17, 15) is 8.78 Å². The minimum Gasteiger partial charge on any atom is -0.374 e. The van der Waals surface area contributed by atoms with Gasteiger partial charge in [-0.2, -0.15) is 0 Å². The van der Waals surface area contributed by atoms with Crippen LogP contribution >= 0.6 is 24.0 Å². The lowest BCUT2D eigenvalue weighted by atomic mass is 9.82. The molecule has 0 amide bonds. The Morgan fingerprint density at radius 2 is 1.92 bits per heavy atom. The first-order valence-corrected chi connectivity index (χ1v) is 8.20. The smallest absolute Gasteiger partial charge is 0.193 e. The van der Waals surface area contributed by atoms with E-state index >= 15 is 0 Å². The molecule has 1 aromatic carbocycles. The topological polar surface area (TPSA) is 36.9 Å². The Morgan fingerprint density at radius 3 is 2.54 bits per heavy atom. The number of nitrogens with zero attached hydrogens (tertiary/aromatic N) is 2. The molecule has 0 saturated carbocycles. The van der Waals surface area contributed by atoms with Crippen LogP contribution in [0.5, 0.6) is 0 Å². The third-order valence-corrected chi connectivity index (χ3v) is 5.41. The van der Waals surface area contributed by atoms with Gasteiger partial charge >= 0.3 is 0 Å². The second-order valence-corrected chi connectivity index (χ2v) is 6.66. The summed E-state index contributed by atoms with van der Waals surface area (Å²) in [4.78, 5) is 6.53. The van der Waals surface area contributed by atoms with Crippen molar-refractivity contribution in [2.24, 2.45) is 16.8 Å². The molecule has 4 unspecified atom stereocenters. The molecule has 4 atom stereocenters. The van der Waals surface area contributed by atoms with Gasteiger partial charge in [-0.1, -0.05) is 0 Å². The zero-order valence-corrected chi connectivity index (χ0v) is 15.9. The molecule has 4 nitrogen and oxygen atoms in total. The van der Waals surface area contributed by atoms with Crippen molar-refractivity contribution in [1.82, 2.24) is 10.2 Å². The number of benzene rings is 1. The highest BCUT2D eigenvalue weighted by atomic mass is 127. The fraction of sp³-hybridized carbons (Fsp3) is 0.588. The van der Waals surface area contributed by atoms with E-state index in [0.29, 0.717) is 29.6 Å². The lowest BCUT2D eigenvalue weighted by Gasteiger charge is -2.23. The number of ether oxygens (including phenoxy) is 1. The second kappa shape index (κ2) is 7.11. The van der Waals surface area contributed by atoms with E-state index in [1.807, 2.05) is 0 Å². The number of aliphatic imine (C=N–C) groups is 1. The van der Waals surface area contributed by atoms with Crippen LogP contribution in [0.25, 0.3) is 0 Å². The maximum absolute atomic E-state index is 13.7. The zero-order valence-electron chi connectivity index (χ0n) is 13.5. The molecule has 3 heterocycles. The van der Waals surface area contributed by atoms with Gasteiger partial charge in [0.25, 0.3) is 0 Å². The van der Waals surface area contributed by atoms with Gasteiger partial charge in [-0.05, 0) is 31.0 Å². The Bertz CT molecular complexity index is 624. The molecule has 0 aliphatic carbocycles. The molecule has 3 aliphatic heterocycles. The highest BCUT2D eigenvalue weighted by Crippen LogP contribution is 2.47. The molecule has 0 spiro atoms. The summed E-state index contributed by atoms with van der Waals surface area (Å²) >= 11 is 0. The van der Waals surface area contributed by atoms with Crippen molar-refractivity contribution in [2.75, 3.05) is 20.1 Å². The summed E-state index contributed by atoms with van der Waals surface area (Å²) in [5, 5.41) is 3.16. The minimum atomic E-state index is -0.428. The van der Waals surface area contributed by atoms with Crippen LogP contribution in [-0.2, 0) is 11.3 Å². The monoisotopic (exact) mass is 449 g/mol. The fourth-order valence-corrected chi connectivity index (χ4v) is 4.32. The molecule has 2 bridgehead atoms. The molecule has 1 aromatic rings. The van der Waals surface area contributed by atoms with E-state index < -0.39 is 11.6 Å². The SMILES string of the molecule is CN=C(NCc1cc(F)ccc1F)N1CC2C3CCC(O3)C2C1.I. The van der Waals surface area contributed by atoms with Crippen LogP contribution in [0.4, 0.5) is 8.78 Å². The summed E-state index contributed by atoms with van der Waals surface area (Å²) in [6, 6.07) is 3.51. The van der Waals surface area contributed by atoms with Crippen LogP contribution in [0.15, 0.2) is 23.2 Å². The van der Waals surface area contributed by atoms with E-state index in [2.05, 4.69) is 15.2 Å². The lowest BCUT2D eigenvalue weighted by Crippen LogP contribution is -2.41. The predicted octanol–water partition coefficient (Wildman–Crippen LogP) is 2.77. The summed E-state index contributed by atoms with van der Waals surface area (Å²) in [6.07, 6.45) is 3.13. The van der Waals surface area contributed by atoms with Gasteiger partial charge < -0.3 is 15.0 Å². The quantitative estimate of drug-likeness (QED) is 0.429. The number of likely N-dealkylation sites (tertiary alicyclic amines) is 1. The lowest BCUT2D eigenvalue weighted by molar-refractivity contribution is 0.0767. The van der Waals surface area contributed by atoms with Crippen molar-refractivity contribution in [3.05, 3.63) is 35.4 Å². The molecule has 4 rings (SSSR count). The maximum atomic E-state index is 13.7. The van der Waals surface area contributed by atoms with Gasteiger partial charge in [-0.15, -0.1) is 24.0 Å². The number of fused-ring (bicyclic) bond motifs is 5. The van der Waals surface area contributed by atoms with Crippen LogP contribution in [0.3, 0.4) is 0 Å². The second-order valence-electron chi connectivity index (χ2n) is 6.66. The Kier molecular flexibility index (Phi) is 5.29. The van der Waals surface area contributed by atoms with Gasteiger partial charge in [-0.3, -0.25) is 4.99 Å². The first-order valence-electron chi connectivity index (χ1n) is 8.20. The van der Waals surface area contributed by atoms with Gasteiger partial charge in [0.2, 0.25) is 0 Å². The van der Waals surface area contributed by atoms with Crippen LogP contribution in [0, 0.1) is 23.5 Å². The van der Waals surface area contributed by atoms with E-state index in [4.69, 9.17) is 4.74 Å². The number of guanidine groups is 1. The molecule has 7 heteroatoms. The first-order chi connectivity index (χ1) is 11.2. The molecule has 0 radical (unpaired) electrons. The number of hydrogen-bond donors (Lipinski definition) is 1. The summed E-state index contributed by atoms with van der Waals surface area (Å²) in [5.74, 6) is 1.08. The summed E-state index contributed by atoms with van der Waals surface area (Å²) < 4.78 is 33.0. The summed E-state index contributed by atoms with van der Waals surface area (Å²) in [7, 11) is 1.73. The molecule has 3 aliphatic rings. The van der Waals surface area contributed by atoms with Crippen molar-refractivity contribution < 1.29 is 13.5 Å². The molecule has 3 fully saturated rings. The van der Waals surface area contributed by atoms with E-state index in [1.165, 1.54) is 18.9 Å². The Labute approximate surface area is 157 Å². The van der Waals surface area contributed by atoms with Crippen LogP contribution in [-0.4, -0.2) is 43.2 Å². The van der Waals surface area contributed by atoms with Crippen LogP contribution in [0.1, 0.15) is 18.4 Å². The van der Waals surface area contributed by atoms with Crippen molar-refractivity contribution >= 4 is 29.9 Å². The van der Waals surface area contributed by atoms with E-state index in [-0.39, 0.29) is 30.5 Å². The average molecular weight is 449 g/mol. The van der Waals surface area contributed by atoms with E-state index in [0.717, 1.165) is 31.2 Å². The fourth-order valence-electron chi connectivity index (χ4n) is 4.32. The van der Waals surface area contributed by atoms with Crippen molar-refractivity contribution in [3.8, 4) is 0 Å². The largest absolute Gasteiger partial charge is 0.374 e. The number of rotatable bonds is 2. The zero-order chi connectivity index (χ0) is 16.0. The Balaban J connectivity index is 0.00000169. The molecular formula is C17H22F2IN3O. The molecule has 24 heavy (non-hydrogen) atoms. The number of nitrogens with one attached hydrogen (secondary N) is 1. The normalized spacial score (nSPS) is 31.1. The summed E-state index contributed by atoms with van der Waals surface area (Å²) in [5.41, 5.74) is 0.314. The summed E-state index contributed by atoms with van der Waals surface area (Å²) in [6.45, 7) is 2.08. The molecule has 0 aromatic heterocycles. The number of hydrogen-bond acceptors (Lipinski definition) is 2. The van der Waals surface area contributed by atoms with Crippen LogP contribution in [0.2, 0.25) is 0 Å². The first kappa shape index (κ1) is 17.8. The average Bonchev–Trinajstić information content (AvgIpc) is 3.23. The third kappa shape index (κ3) is 3.12. The van der Waals surface area contributed by atoms with Gasteiger partial charge in [0.1, 0.15) is 11.6 Å². The van der Waals surface area contributed by atoms with Crippen molar-refractivity contribution in [2.45, 2.75) is 31.6 Å². The van der Waals surface area contributed by atoms with Gasteiger partial charge in [0, 0.05) is 44.1 Å². The van der Waals surface area contributed by atoms with Gasteiger partial charge in [0.15, 0.2) is 5.96 Å². The van der Waals surface area contributed by atoms with Crippen molar-refractivity contribution in [1.29, 1.82) is 0 Å². The highest BCUT2D eigenvalue weighted by molar-refractivity contribution is 14.0. The minimum absolute atomic E-state index is 0. The van der Waals surface area contributed by atoms with Gasteiger partial charge in [-0.25, -0.2) is 8.78 Å².